The molecule has 1 aliphatic heterocycles. The maximum atomic E-state index is 15.1. The van der Waals surface area contributed by atoms with Crippen LogP contribution in [-0.4, -0.2) is 58.6 Å². The van der Waals surface area contributed by atoms with Gasteiger partial charge < -0.3 is 25.0 Å². The lowest BCUT2D eigenvalue weighted by Crippen LogP contribution is -2.44. The Balaban J connectivity index is 1.49. The van der Waals surface area contributed by atoms with Crippen molar-refractivity contribution >= 4 is 40.0 Å². The van der Waals surface area contributed by atoms with E-state index in [1.165, 1.54) is 29.0 Å². The second-order valence-corrected chi connectivity index (χ2v) is 9.24. The summed E-state index contributed by atoms with van der Waals surface area (Å²) >= 11 is 0. The van der Waals surface area contributed by atoms with Gasteiger partial charge in [0, 0.05) is 56.2 Å². The zero-order valence-corrected chi connectivity index (χ0v) is 21.2. The number of hydrogen-bond donors (Lipinski definition) is 2. The third-order valence-electron chi connectivity index (χ3n) is 6.68. The Bertz CT molecular complexity index is 1590. The van der Waals surface area contributed by atoms with Gasteiger partial charge >= 0.3 is 0 Å². The molecule has 38 heavy (non-hydrogen) atoms. The smallest absolute Gasteiger partial charge is 0.251 e. The van der Waals surface area contributed by atoms with Crippen LogP contribution in [0.1, 0.15) is 0 Å². The molecule has 0 bridgehead atoms. The van der Waals surface area contributed by atoms with Crippen molar-refractivity contribution in [3.63, 3.8) is 0 Å². The first kappa shape index (κ1) is 25.1. The zero-order valence-electron chi connectivity index (χ0n) is 21.2. The minimum Gasteiger partial charge on any atom is -0.369 e. The van der Waals surface area contributed by atoms with E-state index in [4.69, 9.17) is 0 Å². The van der Waals surface area contributed by atoms with Gasteiger partial charge in [-0.25, -0.2) is 14.4 Å². The average Bonchev–Trinajstić information content (AvgIpc) is 2.92. The molecular formula is C28H28FN7O2. The summed E-state index contributed by atoms with van der Waals surface area (Å²) in [5, 5.41) is 5.70. The van der Waals surface area contributed by atoms with Gasteiger partial charge in [-0.1, -0.05) is 18.7 Å². The Morgan fingerprint density at radius 3 is 2.61 bits per heavy atom. The molecule has 0 radical (unpaired) electrons. The lowest BCUT2D eigenvalue weighted by Gasteiger charge is -2.34. The van der Waals surface area contributed by atoms with Crippen LogP contribution in [0, 0.1) is 5.82 Å². The number of hydrogen-bond acceptors (Lipinski definition) is 7. The molecule has 0 aliphatic carbocycles. The number of nitrogens with one attached hydrogen (secondary N) is 2. The van der Waals surface area contributed by atoms with Crippen molar-refractivity contribution in [1.29, 1.82) is 0 Å². The SMILES string of the molecule is C=CC(=O)Nc1cccc(-c2cc(=O)n(C)c3cnc(Nc4ccc(N5CCN(C)CC5)cc4F)nc23)c1. The highest BCUT2D eigenvalue weighted by atomic mass is 19.1. The molecule has 0 atom stereocenters. The molecule has 1 amide bonds. The topological polar surface area (TPSA) is 95.4 Å². The van der Waals surface area contributed by atoms with Crippen LogP contribution < -0.4 is 21.1 Å². The second kappa shape index (κ2) is 10.4. The number of carbonyl (C=O) groups excluding carboxylic acids is 1. The molecule has 0 saturated carbocycles. The van der Waals surface area contributed by atoms with Gasteiger partial charge in [-0.2, -0.15) is 0 Å². The molecule has 1 fully saturated rings. The number of carbonyl (C=O) groups is 1. The predicted octanol–water partition coefficient (Wildman–Crippen LogP) is 3.75. The van der Waals surface area contributed by atoms with E-state index in [9.17, 15) is 9.59 Å². The van der Waals surface area contributed by atoms with Crippen LogP contribution in [0.4, 0.5) is 27.4 Å². The van der Waals surface area contributed by atoms with E-state index < -0.39 is 5.82 Å². The predicted molar refractivity (Wildman–Crippen MR) is 148 cm³/mol. The fourth-order valence-electron chi connectivity index (χ4n) is 4.45. The lowest BCUT2D eigenvalue weighted by atomic mass is 10.0. The largest absolute Gasteiger partial charge is 0.369 e. The van der Waals surface area contributed by atoms with E-state index >= 15 is 4.39 Å². The lowest BCUT2D eigenvalue weighted by molar-refractivity contribution is -0.111. The van der Waals surface area contributed by atoms with E-state index in [1.54, 1.807) is 31.3 Å². The summed E-state index contributed by atoms with van der Waals surface area (Å²) < 4.78 is 16.5. The molecule has 194 valence electrons. The van der Waals surface area contributed by atoms with Crippen LogP contribution in [-0.2, 0) is 11.8 Å². The molecular weight excluding hydrogens is 485 g/mol. The van der Waals surface area contributed by atoms with Crippen molar-refractivity contribution in [1.82, 2.24) is 19.4 Å². The van der Waals surface area contributed by atoms with E-state index in [0.29, 0.717) is 27.8 Å². The summed E-state index contributed by atoms with van der Waals surface area (Å²) in [5.74, 6) is -0.554. The molecule has 5 rings (SSSR count). The van der Waals surface area contributed by atoms with Crippen LogP contribution >= 0.6 is 0 Å². The number of fused-ring (bicyclic) bond motifs is 1. The minimum atomic E-state index is -0.406. The van der Waals surface area contributed by atoms with Gasteiger partial charge in [0.05, 0.1) is 17.4 Å². The molecule has 1 aliphatic rings. The summed E-state index contributed by atoms with van der Waals surface area (Å²) in [5.41, 5.74) is 3.68. The van der Waals surface area contributed by atoms with Crippen molar-refractivity contribution < 1.29 is 9.18 Å². The van der Waals surface area contributed by atoms with Crippen LogP contribution in [0.3, 0.4) is 0 Å². The van der Waals surface area contributed by atoms with Crippen molar-refractivity contribution in [2.45, 2.75) is 0 Å². The number of benzene rings is 2. The number of piperazine rings is 1. The zero-order chi connectivity index (χ0) is 26.8. The van der Waals surface area contributed by atoms with E-state index in [1.807, 2.05) is 12.1 Å². The maximum absolute atomic E-state index is 15.1. The molecule has 0 spiro atoms. The van der Waals surface area contributed by atoms with Crippen molar-refractivity contribution in [2.75, 3.05) is 48.8 Å². The number of pyridine rings is 1. The fraction of sp³-hybridized carbons (Fsp3) is 0.214. The van der Waals surface area contributed by atoms with Crippen LogP contribution in [0.5, 0.6) is 0 Å². The highest BCUT2D eigenvalue weighted by molar-refractivity contribution is 6.00. The molecule has 3 heterocycles. The third kappa shape index (κ3) is 5.12. The van der Waals surface area contributed by atoms with E-state index in [2.05, 4.69) is 44.0 Å². The van der Waals surface area contributed by atoms with Gasteiger partial charge in [-0.05, 0) is 49.0 Å². The summed E-state index contributed by atoms with van der Waals surface area (Å²) in [6.07, 6.45) is 2.72. The van der Waals surface area contributed by atoms with Crippen molar-refractivity contribution in [2.24, 2.45) is 7.05 Å². The molecule has 2 N–H and O–H groups in total. The van der Waals surface area contributed by atoms with Gasteiger partial charge in [0.1, 0.15) is 11.3 Å². The molecule has 2 aromatic carbocycles. The first-order valence-corrected chi connectivity index (χ1v) is 12.2. The highest BCUT2D eigenvalue weighted by Gasteiger charge is 2.17. The van der Waals surface area contributed by atoms with Crippen LogP contribution in [0.2, 0.25) is 0 Å². The Hall–Kier alpha value is -4.57. The van der Waals surface area contributed by atoms with Gasteiger partial charge in [0.2, 0.25) is 11.9 Å². The first-order valence-electron chi connectivity index (χ1n) is 12.2. The maximum Gasteiger partial charge on any atom is 0.251 e. The number of halogens is 1. The molecule has 2 aromatic heterocycles. The number of anilines is 4. The summed E-state index contributed by atoms with van der Waals surface area (Å²) in [6, 6.07) is 13.7. The van der Waals surface area contributed by atoms with Crippen LogP contribution in [0.15, 0.2) is 72.2 Å². The van der Waals surface area contributed by atoms with Gasteiger partial charge in [-0.15, -0.1) is 0 Å². The number of amides is 1. The standard InChI is InChI=1S/C28H28FN7O2/c1-4-25(37)31-19-7-5-6-18(14-19)21-16-26(38)35(3)24-17-30-28(33-27(21)24)32-23-9-8-20(15-22(23)29)36-12-10-34(2)11-13-36/h4-9,14-17H,1,10-13H2,2-3H3,(H,31,37)(H,30,32,33). The number of aryl methyl sites for hydroxylation is 1. The summed E-state index contributed by atoms with van der Waals surface area (Å²) in [7, 11) is 3.72. The Morgan fingerprint density at radius 1 is 1.08 bits per heavy atom. The van der Waals surface area contributed by atoms with Crippen molar-refractivity contribution in [3.8, 4) is 11.1 Å². The Labute approximate surface area is 219 Å². The van der Waals surface area contributed by atoms with Crippen LogP contribution in [0.25, 0.3) is 22.2 Å². The summed E-state index contributed by atoms with van der Waals surface area (Å²) in [6.45, 7) is 7.02. The van der Waals surface area contributed by atoms with E-state index in [0.717, 1.165) is 31.9 Å². The number of nitrogens with zero attached hydrogens (tertiary/aromatic N) is 5. The Morgan fingerprint density at radius 2 is 1.87 bits per heavy atom. The number of likely N-dealkylation sites (N-methyl/N-ethyl adjacent to an activating group) is 1. The second-order valence-electron chi connectivity index (χ2n) is 9.24. The molecule has 10 heteroatoms. The number of rotatable bonds is 6. The highest BCUT2D eigenvalue weighted by Crippen LogP contribution is 2.29. The van der Waals surface area contributed by atoms with Gasteiger partial charge in [0.15, 0.2) is 0 Å². The minimum absolute atomic E-state index is 0.194. The third-order valence-corrected chi connectivity index (χ3v) is 6.68. The number of aromatic nitrogens is 3. The quantitative estimate of drug-likeness (QED) is 0.379. The fourth-order valence-corrected chi connectivity index (χ4v) is 4.45. The van der Waals surface area contributed by atoms with Gasteiger partial charge in [-0.3, -0.25) is 9.59 Å². The Kier molecular flexibility index (Phi) is 6.89. The van der Waals surface area contributed by atoms with Crippen molar-refractivity contribution in [3.05, 3.63) is 83.6 Å². The molecule has 4 aromatic rings. The average molecular weight is 514 g/mol. The summed E-state index contributed by atoms with van der Waals surface area (Å²) in [4.78, 5) is 37.9. The van der Waals surface area contributed by atoms with Gasteiger partial charge in [0.25, 0.3) is 5.56 Å². The van der Waals surface area contributed by atoms with E-state index in [-0.39, 0.29) is 23.1 Å². The first-order chi connectivity index (χ1) is 18.3. The molecule has 9 nitrogen and oxygen atoms in total. The monoisotopic (exact) mass is 513 g/mol. The molecule has 1 saturated heterocycles. The normalized spacial score (nSPS) is 13.9. The molecule has 0 unspecified atom stereocenters.